The standard InChI is InChI=1S/C12H12BrFN2O/c13-10-4-3-8(14)6-9(10)11-7-16-12(17-11)2-1-5-15/h3-4,6-7H,1-2,5,15H2. The van der Waals surface area contributed by atoms with Crippen molar-refractivity contribution < 1.29 is 8.81 Å². The van der Waals surface area contributed by atoms with E-state index in [-0.39, 0.29) is 5.82 Å². The minimum absolute atomic E-state index is 0.303. The zero-order valence-corrected chi connectivity index (χ0v) is 10.7. The molecule has 0 fully saturated rings. The van der Waals surface area contributed by atoms with E-state index in [2.05, 4.69) is 20.9 Å². The molecule has 0 aliphatic carbocycles. The maximum absolute atomic E-state index is 13.1. The lowest BCUT2D eigenvalue weighted by Gasteiger charge is -2.00. The summed E-state index contributed by atoms with van der Waals surface area (Å²) in [4.78, 5) is 4.14. The summed E-state index contributed by atoms with van der Waals surface area (Å²) in [5.74, 6) is 0.883. The highest BCUT2D eigenvalue weighted by atomic mass is 79.9. The van der Waals surface area contributed by atoms with Gasteiger partial charge in [-0.2, -0.15) is 0 Å². The van der Waals surface area contributed by atoms with Crippen LogP contribution >= 0.6 is 15.9 Å². The number of benzene rings is 1. The molecule has 0 unspecified atom stereocenters. The van der Waals surface area contributed by atoms with Gasteiger partial charge in [-0.3, -0.25) is 0 Å². The maximum Gasteiger partial charge on any atom is 0.194 e. The molecular weight excluding hydrogens is 287 g/mol. The van der Waals surface area contributed by atoms with Crippen LogP contribution in [0.3, 0.4) is 0 Å². The molecule has 17 heavy (non-hydrogen) atoms. The van der Waals surface area contributed by atoms with E-state index < -0.39 is 0 Å². The Balaban J connectivity index is 2.27. The molecule has 90 valence electrons. The number of oxazole rings is 1. The average molecular weight is 299 g/mol. The van der Waals surface area contributed by atoms with Gasteiger partial charge >= 0.3 is 0 Å². The van der Waals surface area contributed by atoms with Crippen molar-refractivity contribution in [2.45, 2.75) is 12.8 Å². The molecule has 0 aliphatic rings. The minimum atomic E-state index is -0.303. The van der Waals surface area contributed by atoms with Crippen molar-refractivity contribution in [3.63, 3.8) is 0 Å². The Kier molecular flexibility index (Phi) is 3.91. The molecule has 0 radical (unpaired) electrons. The number of nitrogens with zero attached hydrogens (tertiary/aromatic N) is 1. The summed E-state index contributed by atoms with van der Waals surface area (Å²) in [5, 5.41) is 0. The molecule has 0 saturated heterocycles. The summed E-state index contributed by atoms with van der Waals surface area (Å²) in [6.45, 7) is 0.599. The van der Waals surface area contributed by atoms with Gasteiger partial charge in [-0.15, -0.1) is 0 Å². The van der Waals surface area contributed by atoms with E-state index in [1.165, 1.54) is 12.1 Å². The van der Waals surface area contributed by atoms with Crippen LogP contribution < -0.4 is 5.73 Å². The molecule has 1 heterocycles. The van der Waals surface area contributed by atoms with Crippen LogP contribution in [0.15, 0.2) is 33.3 Å². The SMILES string of the molecule is NCCCc1ncc(-c2cc(F)ccc2Br)o1. The summed E-state index contributed by atoms with van der Waals surface area (Å²) in [6.07, 6.45) is 3.12. The van der Waals surface area contributed by atoms with Gasteiger partial charge in [0.15, 0.2) is 11.7 Å². The van der Waals surface area contributed by atoms with E-state index in [1.807, 2.05) is 0 Å². The van der Waals surface area contributed by atoms with Gasteiger partial charge in [0.1, 0.15) is 5.82 Å². The fourth-order valence-corrected chi connectivity index (χ4v) is 1.93. The number of aromatic nitrogens is 1. The maximum atomic E-state index is 13.1. The Hall–Kier alpha value is -1.20. The van der Waals surface area contributed by atoms with E-state index in [0.717, 1.165) is 10.9 Å². The van der Waals surface area contributed by atoms with Crippen molar-refractivity contribution >= 4 is 15.9 Å². The van der Waals surface area contributed by atoms with Crippen molar-refractivity contribution in [1.82, 2.24) is 4.98 Å². The molecule has 1 aromatic heterocycles. The van der Waals surface area contributed by atoms with Gasteiger partial charge in [-0.25, -0.2) is 9.37 Å². The van der Waals surface area contributed by atoms with Crippen LogP contribution in [0.2, 0.25) is 0 Å². The van der Waals surface area contributed by atoms with Gasteiger partial charge in [0.05, 0.1) is 6.20 Å². The van der Waals surface area contributed by atoms with Crippen molar-refractivity contribution in [3.05, 3.63) is 40.6 Å². The molecule has 0 spiro atoms. The Morgan fingerprint density at radius 1 is 1.41 bits per heavy atom. The fraction of sp³-hybridized carbons (Fsp3) is 0.250. The van der Waals surface area contributed by atoms with Gasteiger partial charge in [-0.1, -0.05) is 15.9 Å². The molecular formula is C12H12BrFN2O. The van der Waals surface area contributed by atoms with E-state index in [1.54, 1.807) is 12.3 Å². The Morgan fingerprint density at radius 2 is 2.24 bits per heavy atom. The summed E-state index contributed by atoms with van der Waals surface area (Å²) in [6, 6.07) is 4.45. The third kappa shape index (κ3) is 2.92. The molecule has 2 aromatic rings. The van der Waals surface area contributed by atoms with Gasteiger partial charge in [0.2, 0.25) is 0 Å². The first-order valence-corrected chi connectivity index (χ1v) is 6.10. The van der Waals surface area contributed by atoms with Crippen LogP contribution in [0.25, 0.3) is 11.3 Å². The molecule has 0 atom stereocenters. The largest absolute Gasteiger partial charge is 0.441 e. The Labute approximate surface area is 107 Å². The van der Waals surface area contributed by atoms with Gasteiger partial charge in [0, 0.05) is 16.5 Å². The highest BCUT2D eigenvalue weighted by molar-refractivity contribution is 9.10. The number of nitrogens with two attached hydrogens (primary N) is 1. The smallest absolute Gasteiger partial charge is 0.194 e. The molecule has 5 heteroatoms. The third-order valence-electron chi connectivity index (χ3n) is 2.34. The van der Waals surface area contributed by atoms with Crippen molar-refractivity contribution in [2.75, 3.05) is 6.54 Å². The average Bonchev–Trinajstić information content (AvgIpc) is 2.78. The Morgan fingerprint density at radius 3 is 3.00 bits per heavy atom. The van der Waals surface area contributed by atoms with Crippen molar-refractivity contribution in [2.24, 2.45) is 5.73 Å². The Bertz CT molecular complexity index is 513. The van der Waals surface area contributed by atoms with Crippen LogP contribution in [-0.4, -0.2) is 11.5 Å². The monoisotopic (exact) mass is 298 g/mol. The normalized spacial score (nSPS) is 10.8. The van der Waals surface area contributed by atoms with Gasteiger partial charge in [-0.05, 0) is 31.2 Å². The topological polar surface area (TPSA) is 52.0 Å². The van der Waals surface area contributed by atoms with E-state index in [9.17, 15) is 4.39 Å². The molecule has 0 aliphatic heterocycles. The van der Waals surface area contributed by atoms with E-state index >= 15 is 0 Å². The fourth-order valence-electron chi connectivity index (χ4n) is 1.49. The van der Waals surface area contributed by atoms with Crippen molar-refractivity contribution in [3.8, 4) is 11.3 Å². The highest BCUT2D eigenvalue weighted by Gasteiger charge is 2.10. The summed E-state index contributed by atoms with van der Waals surface area (Å²) >= 11 is 3.35. The number of rotatable bonds is 4. The highest BCUT2D eigenvalue weighted by Crippen LogP contribution is 2.29. The van der Waals surface area contributed by atoms with E-state index in [4.69, 9.17) is 10.2 Å². The van der Waals surface area contributed by atoms with Gasteiger partial charge < -0.3 is 10.2 Å². The van der Waals surface area contributed by atoms with Crippen LogP contribution in [0.5, 0.6) is 0 Å². The predicted octanol–water partition coefficient (Wildman–Crippen LogP) is 3.13. The molecule has 2 N–H and O–H groups in total. The molecule has 2 rings (SSSR count). The first-order chi connectivity index (χ1) is 8.20. The number of hydrogen-bond donors (Lipinski definition) is 1. The molecule has 0 bridgehead atoms. The number of halogens is 2. The van der Waals surface area contributed by atoms with Crippen LogP contribution in [0.1, 0.15) is 12.3 Å². The second kappa shape index (κ2) is 5.42. The molecule has 0 saturated carbocycles. The third-order valence-corrected chi connectivity index (χ3v) is 3.03. The summed E-state index contributed by atoms with van der Waals surface area (Å²) < 4.78 is 19.5. The van der Waals surface area contributed by atoms with E-state index in [0.29, 0.717) is 30.2 Å². The number of aryl methyl sites for hydroxylation is 1. The lowest BCUT2D eigenvalue weighted by Crippen LogP contribution is -2.00. The lowest BCUT2D eigenvalue weighted by molar-refractivity contribution is 0.499. The quantitative estimate of drug-likeness (QED) is 0.943. The molecule has 1 aromatic carbocycles. The lowest BCUT2D eigenvalue weighted by atomic mass is 10.2. The predicted molar refractivity (Wildman–Crippen MR) is 67.0 cm³/mol. The van der Waals surface area contributed by atoms with Crippen LogP contribution in [0.4, 0.5) is 4.39 Å². The molecule has 3 nitrogen and oxygen atoms in total. The summed E-state index contributed by atoms with van der Waals surface area (Å²) in [7, 11) is 0. The van der Waals surface area contributed by atoms with Crippen LogP contribution in [0, 0.1) is 5.82 Å². The van der Waals surface area contributed by atoms with Crippen molar-refractivity contribution in [1.29, 1.82) is 0 Å². The second-order valence-corrected chi connectivity index (χ2v) is 4.49. The first-order valence-electron chi connectivity index (χ1n) is 5.31. The zero-order valence-electron chi connectivity index (χ0n) is 9.12. The zero-order chi connectivity index (χ0) is 12.3. The van der Waals surface area contributed by atoms with Gasteiger partial charge in [0.25, 0.3) is 0 Å². The number of hydrogen-bond acceptors (Lipinski definition) is 3. The molecule has 0 amide bonds. The minimum Gasteiger partial charge on any atom is -0.441 e. The first kappa shape index (κ1) is 12.3. The van der Waals surface area contributed by atoms with Crippen LogP contribution in [-0.2, 0) is 6.42 Å². The summed E-state index contributed by atoms with van der Waals surface area (Å²) in [5.41, 5.74) is 6.08. The second-order valence-electron chi connectivity index (χ2n) is 3.63.